The molecular formula is C19H21NO3. The highest BCUT2D eigenvalue weighted by Crippen LogP contribution is 2.19. The van der Waals surface area contributed by atoms with Crippen LogP contribution in [-0.4, -0.2) is 11.9 Å². The topological polar surface area (TPSA) is 55.4 Å². The van der Waals surface area contributed by atoms with Crippen molar-refractivity contribution in [2.45, 2.75) is 33.3 Å². The van der Waals surface area contributed by atoms with Crippen molar-refractivity contribution in [3.8, 4) is 0 Å². The van der Waals surface area contributed by atoms with Gasteiger partial charge in [0.25, 0.3) is 0 Å². The second-order valence-electron chi connectivity index (χ2n) is 5.55. The number of Topliss-reactive ketones (excluding diaryl/α,β-unsaturated/α-hetero) is 1. The van der Waals surface area contributed by atoms with Crippen LogP contribution in [0.1, 0.15) is 30.0 Å². The molecule has 0 spiro atoms. The van der Waals surface area contributed by atoms with Crippen LogP contribution in [0, 0.1) is 6.92 Å². The van der Waals surface area contributed by atoms with Gasteiger partial charge in [0.1, 0.15) is 12.4 Å². The Hall–Kier alpha value is -2.62. The molecule has 0 fully saturated rings. The van der Waals surface area contributed by atoms with E-state index in [2.05, 4.69) is 5.32 Å². The van der Waals surface area contributed by atoms with Crippen molar-refractivity contribution >= 4 is 17.6 Å². The van der Waals surface area contributed by atoms with Crippen molar-refractivity contribution in [1.82, 2.24) is 0 Å². The first kappa shape index (κ1) is 16.7. The number of carbonyl (C=O) groups is 2. The molecule has 0 aliphatic heterocycles. The van der Waals surface area contributed by atoms with E-state index in [0.717, 1.165) is 16.7 Å². The summed E-state index contributed by atoms with van der Waals surface area (Å²) in [6, 6.07) is 15.3. The second kappa shape index (κ2) is 8.13. The van der Waals surface area contributed by atoms with Crippen molar-refractivity contribution < 1.29 is 14.3 Å². The summed E-state index contributed by atoms with van der Waals surface area (Å²) in [6.07, 6.45) is 0.560. The fraction of sp³-hybridized carbons (Fsp3) is 0.263. The zero-order chi connectivity index (χ0) is 16.7. The van der Waals surface area contributed by atoms with Gasteiger partial charge < -0.3 is 9.53 Å². The minimum Gasteiger partial charge on any atom is -0.444 e. The summed E-state index contributed by atoms with van der Waals surface area (Å²) < 4.78 is 5.23. The minimum atomic E-state index is -0.498. The number of ketones is 1. The highest BCUT2D eigenvalue weighted by molar-refractivity contribution is 5.86. The van der Waals surface area contributed by atoms with Gasteiger partial charge in [0.15, 0.2) is 0 Å². The summed E-state index contributed by atoms with van der Waals surface area (Å²) in [5.41, 5.74) is 3.65. The van der Waals surface area contributed by atoms with E-state index in [1.165, 1.54) is 0 Å². The molecule has 0 heterocycles. The lowest BCUT2D eigenvalue weighted by atomic mass is 10.0. The van der Waals surface area contributed by atoms with Gasteiger partial charge in [-0.2, -0.15) is 0 Å². The summed E-state index contributed by atoms with van der Waals surface area (Å²) >= 11 is 0. The van der Waals surface area contributed by atoms with E-state index >= 15 is 0 Å². The molecule has 4 heteroatoms. The number of benzene rings is 2. The van der Waals surface area contributed by atoms with Crippen LogP contribution >= 0.6 is 0 Å². The number of amides is 1. The summed E-state index contributed by atoms with van der Waals surface area (Å²) in [7, 11) is 0. The van der Waals surface area contributed by atoms with Crippen molar-refractivity contribution in [3.63, 3.8) is 0 Å². The van der Waals surface area contributed by atoms with Crippen LogP contribution in [0.5, 0.6) is 0 Å². The number of aryl methyl sites for hydroxylation is 2. The van der Waals surface area contributed by atoms with E-state index in [-0.39, 0.29) is 12.4 Å². The molecule has 0 aliphatic rings. The zero-order valence-electron chi connectivity index (χ0n) is 13.5. The summed E-state index contributed by atoms with van der Waals surface area (Å²) in [4.78, 5) is 23.1. The molecule has 0 radical (unpaired) electrons. The van der Waals surface area contributed by atoms with Gasteiger partial charge in [-0.3, -0.25) is 5.32 Å². The van der Waals surface area contributed by atoms with Gasteiger partial charge in [0.2, 0.25) is 0 Å². The molecular weight excluding hydrogens is 290 g/mol. The number of nitrogens with one attached hydrogen (secondary N) is 1. The van der Waals surface area contributed by atoms with E-state index < -0.39 is 6.09 Å². The first-order valence-electron chi connectivity index (χ1n) is 7.61. The van der Waals surface area contributed by atoms with Crippen LogP contribution in [0.3, 0.4) is 0 Å². The lowest BCUT2D eigenvalue weighted by Gasteiger charge is -2.12. The zero-order valence-corrected chi connectivity index (χ0v) is 13.5. The molecule has 4 nitrogen and oxygen atoms in total. The normalized spacial score (nSPS) is 10.2. The van der Waals surface area contributed by atoms with E-state index in [4.69, 9.17) is 4.74 Å². The summed E-state index contributed by atoms with van der Waals surface area (Å²) in [6.45, 7) is 3.77. The number of hydrogen-bond donors (Lipinski definition) is 1. The third kappa shape index (κ3) is 5.58. The molecule has 0 atom stereocenters. The number of anilines is 1. The molecule has 23 heavy (non-hydrogen) atoms. The van der Waals surface area contributed by atoms with E-state index in [1.807, 2.05) is 55.5 Å². The van der Waals surface area contributed by atoms with Crippen LogP contribution in [0.2, 0.25) is 0 Å². The van der Waals surface area contributed by atoms with E-state index in [1.54, 1.807) is 6.92 Å². The van der Waals surface area contributed by atoms with Gasteiger partial charge >= 0.3 is 6.09 Å². The largest absolute Gasteiger partial charge is 0.444 e. The molecule has 2 rings (SSSR count). The van der Waals surface area contributed by atoms with E-state index in [0.29, 0.717) is 18.5 Å². The monoisotopic (exact) mass is 311 g/mol. The van der Waals surface area contributed by atoms with Crippen molar-refractivity contribution in [1.29, 1.82) is 0 Å². The summed E-state index contributed by atoms with van der Waals surface area (Å²) in [5, 5.41) is 2.76. The van der Waals surface area contributed by atoms with Crippen LogP contribution in [0.15, 0.2) is 48.5 Å². The van der Waals surface area contributed by atoms with Gasteiger partial charge in [0, 0.05) is 12.1 Å². The average Bonchev–Trinajstić information content (AvgIpc) is 2.54. The maximum atomic E-state index is 12.0. The van der Waals surface area contributed by atoms with Crippen LogP contribution < -0.4 is 5.32 Å². The maximum Gasteiger partial charge on any atom is 0.411 e. The van der Waals surface area contributed by atoms with Gasteiger partial charge in [-0.05, 0) is 37.5 Å². The van der Waals surface area contributed by atoms with Gasteiger partial charge in [0.05, 0.1) is 0 Å². The number of ether oxygens (including phenoxy) is 1. The first-order chi connectivity index (χ1) is 11.0. The standard InChI is InChI=1S/C19H21NO3/c1-14-8-11-18(17(12-14)10-9-15(2)21)20-19(22)23-13-16-6-4-3-5-7-16/h3-8,11-12H,9-10,13H2,1-2H3,(H,20,22). The smallest absolute Gasteiger partial charge is 0.411 e. The Morgan fingerprint density at radius 3 is 2.52 bits per heavy atom. The molecule has 2 aromatic carbocycles. The number of carbonyl (C=O) groups excluding carboxylic acids is 2. The van der Waals surface area contributed by atoms with E-state index in [9.17, 15) is 9.59 Å². The predicted molar refractivity (Wildman–Crippen MR) is 90.4 cm³/mol. The third-order valence-electron chi connectivity index (χ3n) is 3.46. The highest BCUT2D eigenvalue weighted by atomic mass is 16.5. The lowest BCUT2D eigenvalue weighted by molar-refractivity contribution is -0.116. The van der Waals surface area contributed by atoms with Crippen LogP contribution in [-0.2, 0) is 22.6 Å². The fourth-order valence-electron chi connectivity index (χ4n) is 2.23. The van der Waals surface area contributed by atoms with Crippen molar-refractivity contribution in [3.05, 3.63) is 65.2 Å². The van der Waals surface area contributed by atoms with Crippen LogP contribution in [0.25, 0.3) is 0 Å². The third-order valence-corrected chi connectivity index (χ3v) is 3.46. The number of hydrogen-bond acceptors (Lipinski definition) is 3. The Morgan fingerprint density at radius 1 is 1.09 bits per heavy atom. The van der Waals surface area contributed by atoms with Crippen molar-refractivity contribution in [2.24, 2.45) is 0 Å². The molecule has 2 aromatic rings. The fourth-order valence-corrected chi connectivity index (χ4v) is 2.23. The Balaban J connectivity index is 1.98. The average molecular weight is 311 g/mol. The van der Waals surface area contributed by atoms with Gasteiger partial charge in [-0.25, -0.2) is 4.79 Å². The Kier molecular flexibility index (Phi) is 5.92. The van der Waals surface area contributed by atoms with Crippen LogP contribution in [0.4, 0.5) is 10.5 Å². The molecule has 120 valence electrons. The second-order valence-corrected chi connectivity index (χ2v) is 5.55. The molecule has 0 saturated carbocycles. The molecule has 0 saturated heterocycles. The Bertz CT molecular complexity index is 680. The molecule has 0 aromatic heterocycles. The summed E-state index contributed by atoms with van der Waals surface area (Å²) in [5.74, 6) is 0.129. The first-order valence-corrected chi connectivity index (χ1v) is 7.61. The van der Waals surface area contributed by atoms with Gasteiger partial charge in [-0.15, -0.1) is 0 Å². The number of rotatable bonds is 6. The Labute approximate surface area is 136 Å². The Morgan fingerprint density at radius 2 is 1.83 bits per heavy atom. The molecule has 0 aliphatic carbocycles. The quantitative estimate of drug-likeness (QED) is 0.867. The highest BCUT2D eigenvalue weighted by Gasteiger charge is 2.09. The SMILES string of the molecule is CC(=O)CCc1cc(C)ccc1NC(=O)OCc1ccccc1. The molecule has 0 unspecified atom stereocenters. The van der Waals surface area contributed by atoms with Gasteiger partial charge in [-0.1, -0.05) is 48.0 Å². The minimum absolute atomic E-state index is 0.129. The molecule has 0 bridgehead atoms. The molecule has 1 amide bonds. The maximum absolute atomic E-state index is 12.0. The predicted octanol–water partition coefficient (Wildman–Crippen LogP) is 4.27. The molecule has 1 N–H and O–H groups in total. The van der Waals surface area contributed by atoms with Crippen molar-refractivity contribution in [2.75, 3.05) is 5.32 Å². The lowest BCUT2D eigenvalue weighted by Crippen LogP contribution is -2.15.